The molecule has 162 valence electrons. The van der Waals surface area contributed by atoms with Crippen LogP contribution in [0.3, 0.4) is 0 Å². The number of hydrogen-bond acceptors (Lipinski definition) is 4. The molecule has 1 aliphatic rings. The summed E-state index contributed by atoms with van der Waals surface area (Å²) in [7, 11) is 0. The zero-order chi connectivity index (χ0) is 22.8. The first kappa shape index (κ1) is 21.4. The summed E-state index contributed by atoms with van der Waals surface area (Å²) in [4.78, 5) is 20.8. The van der Waals surface area contributed by atoms with E-state index in [1.165, 1.54) is 12.3 Å². The van der Waals surface area contributed by atoms with Gasteiger partial charge >= 0.3 is 0 Å². The number of anilines is 1. The lowest BCUT2D eigenvalue weighted by Crippen LogP contribution is -2.20. The fraction of sp³-hybridized carbons (Fsp3) is 0.167. The van der Waals surface area contributed by atoms with Gasteiger partial charge in [0.05, 0.1) is 23.1 Å². The van der Waals surface area contributed by atoms with Crippen LogP contribution in [0.15, 0.2) is 60.9 Å². The molecule has 0 radical (unpaired) electrons. The molecule has 1 amide bonds. The van der Waals surface area contributed by atoms with Crippen LogP contribution < -0.4 is 5.32 Å². The minimum atomic E-state index is -0.929. The largest absolute Gasteiger partial charge is 0.319 e. The number of amides is 1. The Bertz CT molecular complexity index is 1210. The molecule has 1 fully saturated rings. The van der Waals surface area contributed by atoms with E-state index in [2.05, 4.69) is 21.9 Å². The third kappa shape index (κ3) is 4.30. The van der Waals surface area contributed by atoms with E-state index >= 15 is 0 Å². The Balaban J connectivity index is 1.66. The average molecular weight is 436 g/mol. The van der Waals surface area contributed by atoms with E-state index in [-0.39, 0.29) is 11.6 Å². The summed E-state index contributed by atoms with van der Waals surface area (Å²) in [5, 5.41) is 10.6. The number of carbonyl (C=O) groups is 1. The van der Waals surface area contributed by atoms with Crippen LogP contribution in [0.2, 0.25) is 0 Å². The van der Waals surface area contributed by atoms with Crippen molar-refractivity contribution >= 4 is 17.3 Å². The quantitative estimate of drug-likeness (QED) is 0.518. The number of pyridine rings is 2. The van der Waals surface area contributed by atoms with Gasteiger partial charge in [-0.3, -0.25) is 9.78 Å². The summed E-state index contributed by atoms with van der Waals surface area (Å²) < 4.78 is 42.7. The molecular weight excluding hydrogens is 417 g/mol. The number of allylic oxidation sites excluding steroid dienone is 1. The number of rotatable bonds is 4. The van der Waals surface area contributed by atoms with E-state index < -0.39 is 34.6 Å². The van der Waals surface area contributed by atoms with Gasteiger partial charge in [-0.25, -0.2) is 18.2 Å². The molecule has 1 aliphatic carbocycles. The van der Waals surface area contributed by atoms with Gasteiger partial charge in [-0.05, 0) is 54.7 Å². The molecule has 5 nitrogen and oxygen atoms in total. The number of carbonyl (C=O) groups excluding carboxylic acids is 1. The molecule has 1 saturated carbocycles. The fourth-order valence-electron chi connectivity index (χ4n) is 3.91. The van der Waals surface area contributed by atoms with Crippen molar-refractivity contribution in [2.24, 2.45) is 0 Å². The third-order valence-corrected chi connectivity index (χ3v) is 5.31. The first-order valence-corrected chi connectivity index (χ1v) is 9.92. The molecular formula is C24H19F3N4O. The lowest BCUT2D eigenvalue weighted by molar-refractivity contribution is 0.101. The second kappa shape index (κ2) is 8.74. The number of nitrogens with zero attached hydrogens (tertiary/aromatic N) is 2. The molecule has 4 rings (SSSR count). The Morgan fingerprint density at radius 3 is 2.53 bits per heavy atom. The minimum absolute atomic E-state index is 0.0706. The highest BCUT2D eigenvalue weighted by Crippen LogP contribution is 2.37. The van der Waals surface area contributed by atoms with Crippen LogP contribution >= 0.6 is 0 Å². The van der Waals surface area contributed by atoms with Crippen LogP contribution in [-0.2, 0) is 0 Å². The number of halogens is 3. The first-order valence-electron chi connectivity index (χ1n) is 9.92. The number of nitrogens with one attached hydrogen (secondary N) is 2. The molecule has 1 aromatic carbocycles. The molecule has 0 saturated heterocycles. The van der Waals surface area contributed by atoms with Gasteiger partial charge in [0.25, 0.3) is 5.91 Å². The van der Waals surface area contributed by atoms with Crippen molar-refractivity contribution in [2.45, 2.75) is 25.2 Å². The second-order valence-electron chi connectivity index (χ2n) is 7.68. The molecule has 0 bridgehead atoms. The number of aromatic nitrogens is 2. The van der Waals surface area contributed by atoms with Gasteiger partial charge in [-0.2, -0.15) is 0 Å². The predicted molar refractivity (Wildman–Crippen MR) is 115 cm³/mol. The van der Waals surface area contributed by atoms with E-state index in [1.807, 2.05) is 0 Å². The summed E-state index contributed by atoms with van der Waals surface area (Å²) >= 11 is 0. The third-order valence-electron chi connectivity index (χ3n) is 5.31. The van der Waals surface area contributed by atoms with E-state index in [1.54, 1.807) is 12.3 Å². The monoisotopic (exact) mass is 436 g/mol. The highest BCUT2D eigenvalue weighted by atomic mass is 19.1. The van der Waals surface area contributed by atoms with Gasteiger partial charge < -0.3 is 10.7 Å². The molecule has 3 aromatic rings. The minimum Gasteiger partial charge on any atom is -0.319 e. The molecule has 0 unspecified atom stereocenters. The molecule has 0 spiro atoms. The predicted octanol–water partition coefficient (Wildman–Crippen LogP) is 5.66. The van der Waals surface area contributed by atoms with Crippen molar-refractivity contribution < 1.29 is 18.0 Å². The Kier molecular flexibility index (Phi) is 5.85. The zero-order valence-corrected chi connectivity index (χ0v) is 17.0. The van der Waals surface area contributed by atoms with E-state index in [4.69, 9.17) is 5.41 Å². The van der Waals surface area contributed by atoms with E-state index in [0.717, 1.165) is 35.4 Å². The lowest BCUT2D eigenvalue weighted by Gasteiger charge is -2.26. The summed E-state index contributed by atoms with van der Waals surface area (Å²) in [5.41, 5.74) is 1.34. The van der Waals surface area contributed by atoms with Crippen LogP contribution in [0.25, 0.3) is 11.3 Å². The summed E-state index contributed by atoms with van der Waals surface area (Å²) in [5.74, 6) is -3.62. The number of benzene rings is 1. The molecule has 2 aromatic heterocycles. The highest BCUT2D eigenvalue weighted by molar-refractivity contribution is 6.03. The Labute approximate surface area is 182 Å². The highest BCUT2D eigenvalue weighted by Gasteiger charge is 2.25. The van der Waals surface area contributed by atoms with Crippen LogP contribution in [0.5, 0.6) is 0 Å². The fourth-order valence-corrected chi connectivity index (χ4v) is 3.91. The maximum atomic E-state index is 14.4. The SMILES string of the molecule is C=C1CC(=N)C[C@H](c2ccncc2NC(=O)c2nc(-c3c(F)cccc3F)ccc2F)C1. The normalized spacial score (nSPS) is 16.2. The standard InChI is InChI=1S/C24H19F3N4O/c1-13-9-14(11-15(28)10-13)16-7-8-29-12-21(16)31-24(32)23-19(27)5-6-20(30-23)22-17(25)3-2-4-18(22)26/h2-8,12,14,28H,1,9-11H2,(H,31,32)/t14-/m1/s1. The van der Waals surface area contributed by atoms with Gasteiger partial charge in [-0.15, -0.1) is 0 Å². The Hall–Kier alpha value is -3.81. The first-order chi connectivity index (χ1) is 15.3. The molecule has 2 heterocycles. The molecule has 8 heteroatoms. The maximum Gasteiger partial charge on any atom is 0.277 e. The second-order valence-corrected chi connectivity index (χ2v) is 7.68. The van der Waals surface area contributed by atoms with Gasteiger partial charge in [0.15, 0.2) is 11.5 Å². The van der Waals surface area contributed by atoms with Crippen molar-refractivity contribution in [1.82, 2.24) is 9.97 Å². The maximum absolute atomic E-state index is 14.4. The van der Waals surface area contributed by atoms with Gasteiger partial charge in [0.2, 0.25) is 0 Å². The van der Waals surface area contributed by atoms with Gasteiger partial charge in [0.1, 0.15) is 11.6 Å². The molecule has 0 aliphatic heterocycles. The van der Waals surface area contributed by atoms with E-state index in [9.17, 15) is 18.0 Å². The van der Waals surface area contributed by atoms with Crippen molar-refractivity contribution in [3.05, 3.63) is 89.7 Å². The molecule has 1 atom stereocenters. The Morgan fingerprint density at radius 2 is 1.81 bits per heavy atom. The van der Waals surface area contributed by atoms with Crippen LogP contribution in [0.1, 0.15) is 41.2 Å². The van der Waals surface area contributed by atoms with Crippen molar-refractivity contribution in [2.75, 3.05) is 5.32 Å². The zero-order valence-electron chi connectivity index (χ0n) is 17.0. The van der Waals surface area contributed by atoms with Gasteiger partial charge in [-0.1, -0.05) is 18.2 Å². The number of hydrogen-bond donors (Lipinski definition) is 2. The van der Waals surface area contributed by atoms with Crippen molar-refractivity contribution in [1.29, 1.82) is 5.41 Å². The van der Waals surface area contributed by atoms with Gasteiger partial charge in [0, 0.05) is 18.3 Å². The van der Waals surface area contributed by atoms with Crippen LogP contribution in [0.4, 0.5) is 18.9 Å². The lowest BCUT2D eigenvalue weighted by atomic mass is 9.80. The van der Waals surface area contributed by atoms with Crippen LogP contribution in [-0.4, -0.2) is 21.6 Å². The molecule has 2 N–H and O–H groups in total. The van der Waals surface area contributed by atoms with Crippen molar-refractivity contribution in [3.8, 4) is 11.3 Å². The topological polar surface area (TPSA) is 78.7 Å². The van der Waals surface area contributed by atoms with Crippen molar-refractivity contribution in [3.63, 3.8) is 0 Å². The average Bonchev–Trinajstić information content (AvgIpc) is 2.74. The summed E-state index contributed by atoms with van der Waals surface area (Å²) in [6, 6.07) is 7.11. The summed E-state index contributed by atoms with van der Waals surface area (Å²) in [6.45, 7) is 3.98. The van der Waals surface area contributed by atoms with Crippen LogP contribution in [0, 0.1) is 22.9 Å². The van der Waals surface area contributed by atoms with E-state index in [0.29, 0.717) is 30.7 Å². The Morgan fingerprint density at radius 1 is 1.06 bits per heavy atom. The smallest absolute Gasteiger partial charge is 0.277 e. The molecule has 32 heavy (non-hydrogen) atoms. The summed E-state index contributed by atoms with van der Waals surface area (Å²) in [6.07, 6.45) is 4.74.